The number of nitrogens with one attached hydrogen (secondary N) is 1. The fourth-order valence-electron chi connectivity index (χ4n) is 3.06. The van der Waals surface area contributed by atoms with Gasteiger partial charge in [0, 0.05) is 30.8 Å². The van der Waals surface area contributed by atoms with E-state index < -0.39 is 28.3 Å². The van der Waals surface area contributed by atoms with E-state index in [0.717, 1.165) is 0 Å². The zero-order chi connectivity index (χ0) is 20.7. The van der Waals surface area contributed by atoms with Crippen LogP contribution in [0.1, 0.15) is 37.0 Å². The molecule has 1 aromatic carbocycles. The van der Waals surface area contributed by atoms with Gasteiger partial charge in [0.15, 0.2) is 16.4 Å². The maximum atomic E-state index is 12.2. The van der Waals surface area contributed by atoms with Gasteiger partial charge in [-0.05, 0) is 50.5 Å². The third kappa shape index (κ3) is 6.33. The van der Waals surface area contributed by atoms with Gasteiger partial charge in [-0.15, -0.1) is 0 Å². The second-order valence-corrected chi connectivity index (χ2v) is 8.97. The number of anilines is 1. The maximum absolute atomic E-state index is 12.2. The van der Waals surface area contributed by atoms with Crippen molar-refractivity contribution >= 4 is 33.3 Å². The average Bonchev–Trinajstić information content (AvgIpc) is 3.00. The molecule has 0 aliphatic carbocycles. The topological polar surface area (TPSA) is 110 Å². The van der Waals surface area contributed by atoms with E-state index in [2.05, 4.69) is 5.32 Å². The van der Waals surface area contributed by atoms with Gasteiger partial charge in [-0.25, -0.2) is 8.42 Å². The minimum atomic E-state index is -3.05. The summed E-state index contributed by atoms with van der Waals surface area (Å²) in [6.07, 6.45) is 0.441. The molecule has 1 aliphatic heterocycles. The molecule has 1 saturated heterocycles. The number of esters is 1. The van der Waals surface area contributed by atoms with Gasteiger partial charge >= 0.3 is 5.97 Å². The maximum Gasteiger partial charge on any atom is 0.306 e. The van der Waals surface area contributed by atoms with Crippen LogP contribution in [0.15, 0.2) is 24.3 Å². The van der Waals surface area contributed by atoms with E-state index in [1.54, 1.807) is 29.2 Å². The molecule has 0 radical (unpaired) electrons. The first-order valence-corrected chi connectivity index (χ1v) is 11.1. The van der Waals surface area contributed by atoms with Crippen LogP contribution < -0.4 is 5.32 Å². The van der Waals surface area contributed by atoms with Crippen LogP contribution in [0, 0.1) is 5.92 Å². The minimum Gasteiger partial charge on any atom is -0.456 e. The Bertz CT molecular complexity index is 815. The van der Waals surface area contributed by atoms with E-state index in [0.29, 0.717) is 30.8 Å². The van der Waals surface area contributed by atoms with Crippen LogP contribution in [-0.4, -0.2) is 62.3 Å². The van der Waals surface area contributed by atoms with E-state index in [9.17, 15) is 22.8 Å². The molecule has 2 amide bonds. The lowest BCUT2D eigenvalue weighted by Crippen LogP contribution is -2.30. The highest BCUT2D eigenvalue weighted by atomic mass is 32.2. The summed E-state index contributed by atoms with van der Waals surface area (Å²) >= 11 is 0. The summed E-state index contributed by atoms with van der Waals surface area (Å²) < 4.78 is 27.7. The molecule has 1 fully saturated rings. The van der Waals surface area contributed by atoms with Gasteiger partial charge in [-0.1, -0.05) is 0 Å². The van der Waals surface area contributed by atoms with Gasteiger partial charge in [0.25, 0.3) is 11.8 Å². The van der Waals surface area contributed by atoms with Crippen LogP contribution in [0.4, 0.5) is 5.69 Å². The van der Waals surface area contributed by atoms with E-state index in [1.165, 1.54) is 0 Å². The average molecular weight is 410 g/mol. The number of sulfone groups is 1. The minimum absolute atomic E-state index is 0.00528. The molecule has 0 aromatic heterocycles. The first-order chi connectivity index (χ1) is 13.2. The molecule has 0 spiro atoms. The number of rotatable bonds is 8. The molecule has 0 saturated carbocycles. The molecule has 28 heavy (non-hydrogen) atoms. The third-order valence-electron chi connectivity index (χ3n) is 4.61. The summed E-state index contributed by atoms with van der Waals surface area (Å²) in [6, 6.07) is 6.48. The molecule has 1 aliphatic rings. The van der Waals surface area contributed by atoms with E-state index in [1.807, 2.05) is 13.8 Å². The monoisotopic (exact) mass is 410 g/mol. The highest BCUT2D eigenvalue weighted by Crippen LogP contribution is 2.21. The summed E-state index contributed by atoms with van der Waals surface area (Å²) in [4.78, 5) is 37.6. The Hall–Kier alpha value is -2.42. The normalized spacial score (nSPS) is 17.7. The van der Waals surface area contributed by atoms with Crippen molar-refractivity contribution in [2.75, 3.05) is 36.5 Å². The number of hydrogen-bond donors (Lipinski definition) is 1. The number of nitrogens with zero attached hydrogens (tertiary/aromatic N) is 1. The molecule has 0 unspecified atom stereocenters. The molecular weight excluding hydrogens is 384 g/mol. The third-order valence-corrected chi connectivity index (χ3v) is 6.45. The fourth-order valence-corrected chi connectivity index (χ4v) is 4.92. The van der Waals surface area contributed by atoms with Crippen LogP contribution in [0.25, 0.3) is 0 Å². The Morgan fingerprint density at radius 3 is 2.32 bits per heavy atom. The zero-order valence-corrected chi connectivity index (χ0v) is 17.0. The lowest BCUT2D eigenvalue weighted by Gasteiger charge is -2.18. The van der Waals surface area contributed by atoms with Gasteiger partial charge in [-0.3, -0.25) is 14.4 Å². The molecule has 1 aromatic rings. The van der Waals surface area contributed by atoms with Crippen LogP contribution in [0.3, 0.4) is 0 Å². The summed E-state index contributed by atoms with van der Waals surface area (Å²) in [5.74, 6) is -1.32. The molecule has 9 heteroatoms. The number of amides is 2. The molecule has 1 atom stereocenters. The Kier molecular flexibility index (Phi) is 7.56. The smallest absolute Gasteiger partial charge is 0.306 e. The Morgan fingerprint density at radius 1 is 1.14 bits per heavy atom. The summed E-state index contributed by atoms with van der Waals surface area (Å²) in [5, 5.41) is 2.59. The van der Waals surface area contributed by atoms with Crippen molar-refractivity contribution in [2.24, 2.45) is 5.92 Å². The predicted octanol–water partition coefficient (Wildman–Crippen LogP) is 1.48. The highest BCUT2D eigenvalue weighted by Gasteiger charge is 2.30. The quantitative estimate of drug-likeness (QED) is 0.650. The number of benzene rings is 1. The van der Waals surface area contributed by atoms with Crippen molar-refractivity contribution < 1.29 is 27.5 Å². The highest BCUT2D eigenvalue weighted by molar-refractivity contribution is 7.91. The molecule has 1 N–H and O–H groups in total. The zero-order valence-electron chi connectivity index (χ0n) is 16.1. The number of ether oxygens (including phenoxy) is 1. The molecule has 154 valence electrons. The van der Waals surface area contributed by atoms with Gasteiger partial charge < -0.3 is 15.0 Å². The first-order valence-electron chi connectivity index (χ1n) is 9.29. The second-order valence-electron chi connectivity index (χ2n) is 6.74. The van der Waals surface area contributed by atoms with Crippen molar-refractivity contribution in [2.45, 2.75) is 26.7 Å². The van der Waals surface area contributed by atoms with Crippen LogP contribution in [-0.2, 0) is 24.2 Å². The van der Waals surface area contributed by atoms with Crippen molar-refractivity contribution in [3.05, 3.63) is 29.8 Å². The van der Waals surface area contributed by atoms with E-state index >= 15 is 0 Å². The fraction of sp³-hybridized carbons (Fsp3) is 0.526. The van der Waals surface area contributed by atoms with Crippen molar-refractivity contribution in [3.8, 4) is 0 Å². The molecule has 8 nitrogen and oxygen atoms in total. The van der Waals surface area contributed by atoms with Gasteiger partial charge in [0.2, 0.25) is 0 Å². The van der Waals surface area contributed by atoms with Gasteiger partial charge in [0.1, 0.15) is 0 Å². The van der Waals surface area contributed by atoms with E-state index in [4.69, 9.17) is 4.74 Å². The van der Waals surface area contributed by atoms with Crippen molar-refractivity contribution in [1.82, 2.24) is 4.90 Å². The van der Waals surface area contributed by atoms with Gasteiger partial charge in [0.05, 0.1) is 11.5 Å². The lowest BCUT2D eigenvalue weighted by molar-refractivity contribution is -0.148. The second kappa shape index (κ2) is 9.68. The number of carbonyl (C=O) groups is 3. The van der Waals surface area contributed by atoms with Crippen molar-refractivity contribution in [3.63, 3.8) is 0 Å². The summed E-state index contributed by atoms with van der Waals surface area (Å²) in [5.41, 5.74) is 1.01. The first kappa shape index (κ1) is 21.9. The van der Waals surface area contributed by atoms with Crippen LogP contribution in [0.2, 0.25) is 0 Å². The Labute approximate surface area is 165 Å². The Balaban J connectivity index is 1.78. The SMILES string of the molecule is CCN(CC)C(=O)c1ccc(NC(=O)COC(=O)C[C@@H]2CCS(=O)(=O)C2)cc1. The van der Waals surface area contributed by atoms with Gasteiger partial charge in [-0.2, -0.15) is 0 Å². The summed E-state index contributed by atoms with van der Waals surface area (Å²) in [6.45, 7) is 4.60. The largest absolute Gasteiger partial charge is 0.456 e. The number of carbonyl (C=O) groups excluding carboxylic acids is 3. The van der Waals surface area contributed by atoms with E-state index in [-0.39, 0.29) is 29.8 Å². The van der Waals surface area contributed by atoms with Crippen molar-refractivity contribution in [1.29, 1.82) is 0 Å². The molecule has 2 rings (SSSR count). The lowest BCUT2D eigenvalue weighted by atomic mass is 10.1. The number of hydrogen-bond acceptors (Lipinski definition) is 6. The van der Waals surface area contributed by atoms with Crippen LogP contribution in [0.5, 0.6) is 0 Å². The standard InChI is InChI=1S/C19H26N2O6S/c1-3-21(4-2)19(24)15-5-7-16(8-6-15)20-17(22)12-27-18(23)11-14-9-10-28(25,26)13-14/h5-8,14H,3-4,9-13H2,1-2H3,(H,20,22)/t14-/m0/s1. The van der Waals surface area contributed by atoms with Crippen LogP contribution >= 0.6 is 0 Å². The summed E-state index contributed by atoms with van der Waals surface area (Å²) in [7, 11) is -3.05. The predicted molar refractivity (Wildman–Crippen MR) is 105 cm³/mol. The molecular formula is C19H26N2O6S. The molecule has 1 heterocycles. The Morgan fingerprint density at radius 2 is 1.79 bits per heavy atom. The molecule has 0 bridgehead atoms.